The fourth-order valence-electron chi connectivity index (χ4n) is 1.64. The molecule has 0 saturated heterocycles. The molecule has 0 aliphatic heterocycles. The van der Waals surface area contributed by atoms with Gasteiger partial charge in [-0.05, 0) is 41.0 Å². The van der Waals surface area contributed by atoms with Crippen molar-refractivity contribution >= 4 is 15.9 Å². The molecule has 0 fully saturated rings. The van der Waals surface area contributed by atoms with Crippen LogP contribution in [0.2, 0.25) is 0 Å². The molecule has 2 aromatic rings. The number of aromatic nitrogens is 1. The zero-order valence-electron chi connectivity index (χ0n) is 11.2. The van der Waals surface area contributed by atoms with Gasteiger partial charge < -0.3 is 14.6 Å². The number of hydrogen-bond acceptors (Lipinski definition) is 4. The first kappa shape index (κ1) is 15.0. The third-order valence-corrected chi connectivity index (χ3v) is 3.26. The Morgan fingerprint density at radius 1 is 1.40 bits per heavy atom. The minimum absolute atomic E-state index is 0.211. The van der Waals surface area contributed by atoms with Gasteiger partial charge in [0, 0.05) is 18.7 Å². The smallest absolute Gasteiger partial charge is 0.174 e. The van der Waals surface area contributed by atoms with Crippen molar-refractivity contribution in [1.82, 2.24) is 10.5 Å². The quantitative estimate of drug-likeness (QED) is 0.780. The molecule has 0 saturated carbocycles. The normalized spacial score (nSPS) is 10.8. The van der Waals surface area contributed by atoms with Crippen molar-refractivity contribution in [2.45, 2.75) is 26.5 Å². The monoisotopic (exact) mass is 342 g/mol. The standard InChI is InChI=1S/C14H16BrFN2O2/c1-2-5-17-8-11-7-12(20-18-11)9-19-14-6-10(16)3-4-13(14)15/h3-4,6-7,17H,2,5,8-9H2,1H3. The third kappa shape index (κ3) is 4.31. The number of rotatable bonds is 7. The summed E-state index contributed by atoms with van der Waals surface area (Å²) in [5.74, 6) is 0.701. The largest absolute Gasteiger partial charge is 0.484 e. The van der Waals surface area contributed by atoms with E-state index < -0.39 is 0 Å². The molecule has 0 amide bonds. The molecular weight excluding hydrogens is 327 g/mol. The Morgan fingerprint density at radius 2 is 2.25 bits per heavy atom. The molecule has 0 unspecified atom stereocenters. The molecular formula is C14H16BrFN2O2. The van der Waals surface area contributed by atoms with E-state index in [0.29, 0.717) is 22.5 Å². The van der Waals surface area contributed by atoms with Gasteiger partial charge in [-0.2, -0.15) is 0 Å². The van der Waals surface area contributed by atoms with Crippen molar-refractivity contribution in [2.75, 3.05) is 6.54 Å². The fourth-order valence-corrected chi connectivity index (χ4v) is 2.00. The van der Waals surface area contributed by atoms with Crippen LogP contribution in [0.5, 0.6) is 5.75 Å². The molecule has 1 aromatic carbocycles. The molecule has 1 heterocycles. The van der Waals surface area contributed by atoms with Crippen molar-refractivity contribution in [3.05, 3.63) is 46.0 Å². The van der Waals surface area contributed by atoms with Crippen LogP contribution in [-0.4, -0.2) is 11.7 Å². The van der Waals surface area contributed by atoms with Crippen molar-refractivity contribution in [3.8, 4) is 5.75 Å². The average molecular weight is 343 g/mol. The molecule has 0 aliphatic carbocycles. The predicted octanol–water partition coefficient (Wildman–Crippen LogP) is 3.65. The summed E-state index contributed by atoms with van der Waals surface area (Å²) >= 11 is 3.30. The van der Waals surface area contributed by atoms with E-state index >= 15 is 0 Å². The highest BCUT2D eigenvalue weighted by atomic mass is 79.9. The molecule has 0 radical (unpaired) electrons. The van der Waals surface area contributed by atoms with E-state index in [9.17, 15) is 4.39 Å². The van der Waals surface area contributed by atoms with E-state index in [1.54, 1.807) is 6.07 Å². The van der Waals surface area contributed by atoms with Gasteiger partial charge in [0.2, 0.25) is 0 Å². The van der Waals surface area contributed by atoms with Gasteiger partial charge in [0.15, 0.2) is 5.76 Å². The second kappa shape index (κ2) is 7.40. The summed E-state index contributed by atoms with van der Waals surface area (Å²) in [6.45, 7) is 3.92. The van der Waals surface area contributed by atoms with Crippen LogP contribution in [0, 0.1) is 5.82 Å². The molecule has 0 atom stereocenters. The first-order valence-corrected chi connectivity index (χ1v) is 7.21. The first-order valence-electron chi connectivity index (χ1n) is 6.42. The lowest BCUT2D eigenvalue weighted by Crippen LogP contribution is -2.13. The minimum atomic E-state index is -0.342. The molecule has 0 spiro atoms. The number of nitrogens with zero attached hydrogens (tertiary/aromatic N) is 1. The van der Waals surface area contributed by atoms with E-state index in [1.807, 2.05) is 6.07 Å². The minimum Gasteiger partial charge on any atom is -0.484 e. The highest BCUT2D eigenvalue weighted by molar-refractivity contribution is 9.10. The van der Waals surface area contributed by atoms with Crippen LogP contribution < -0.4 is 10.1 Å². The number of nitrogens with one attached hydrogen (secondary N) is 1. The van der Waals surface area contributed by atoms with Crippen molar-refractivity contribution < 1.29 is 13.7 Å². The molecule has 6 heteroatoms. The summed E-state index contributed by atoms with van der Waals surface area (Å²) < 4.78 is 24.5. The van der Waals surface area contributed by atoms with Crippen molar-refractivity contribution in [1.29, 1.82) is 0 Å². The summed E-state index contributed by atoms with van der Waals surface area (Å²) in [7, 11) is 0. The van der Waals surface area contributed by atoms with Gasteiger partial charge in [-0.3, -0.25) is 0 Å². The third-order valence-electron chi connectivity index (χ3n) is 2.60. The van der Waals surface area contributed by atoms with Gasteiger partial charge in [0.25, 0.3) is 0 Å². The Morgan fingerprint density at radius 3 is 3.05 bits per heavy atom. The zero-order valence-corrected chi connectivity index (χ0v) is 12.7. The maximum Gasteiger partial charge on any atom is 0.174 e. The Bertz CT molecular complexity index is 560. The first-order chi connectivity index (χ1) is 9.69. The fraction of sp³-hybridized carbons (Fsp3) is 0.357. The lowest BCUT2D eigenvalue weighted by atomic mass is 10.3. The van der Waals surface area contributed by atoms with Crippen LogP contribution in [0.15, 0.2) is 33.3 Å². The average Bonchev–Trinajstić information content (AvgIpc) is 2.88. The van der Waals surface area contributed by atoms with E-state index in [-0.39, 0.29) is 12.4 Å². The van der Waals surface area contributed by atoms with Crippen LogP contribution in [0.25, 0.3) is 0 Å². The Balaban J connectivity index is 1.89. The molecule has 108 valence electrons. The Labute approximate surface area is 125 Å². The Hall–Kier alpha value is -1.40. The Kier molecular flexibility index (Phi) is 5.55. The molecule has 2 rings (SSSR count). The van der Waals surface area contributed by atoms with Crippen LogP contribution in [0.3, 0.4) is 0 Å². The van der Waals surface area contributed by atoms with E-state index in [0.717, 1.165) is 18.7 Å². The van der Waals surface area contributed by atoms with Crippen LogP contribution in [0.1, 0.15) is 24.8 Å². The second-order valence-electron chi connectivity index (χ2n) is 4.32. The van der Waals surface area contributed by atoms with E-state index in [2.05, 4.69) is 33.3 Å². The second-order valence-corrected chi connectivity index (χ2v) is 5.18. The van der Waals surface area contributed by atoms with Crippen LogP contribution >= 0.6 is 15.9 Å². The summed E-state index contributed by atoms with van der Waals surface area (Å²) in [5, 5.41) is 7.17. The lowest BCUT2D eigenvalue weighted by Gasteiger charge is -2.05. The molecule has 20 heavy (non-hydrogen) atoms. The van der Waals surface area contributed by atoms with E-state index in [4.69, 9.17) is 9.26 Å². The van der Waals surface area contributed by atoms with Crippen LogP contribution in [0.4, 0.5) is 4.39 Å². The lowest BCUT2D eigenvalue weighted by molar-refractivity contribution is 0.246. The number of hydrogen-bond donors (Lipinski definition) is 1. The molecule has 0 aliphatic rings. The van der Waals surface area contributed by atoms with Gasteiger partial charge >= 0.3 is 0 Å². The maximum atomic E-state index is 13.1. The topological polar surface area (TPSA) is 47.3 Å². The van der Waals surface area contributed by atoms with Crippen molar-refractivity contribution in [3.63, 3.8) is 0 Å². The summed E-state index contributed by atoms with van der Waals surface area (Å²) in [4.78, 5) is 0. The maximum absolute atomic E-state index is 13.1. The highest BCUT2D eigenvalue weighted by Crippen LogP contribution is 2.26. The summed E-state index contributed by atoms with van der Waals surface area (Å²) in [5.41, 5.74) is 0.829. The summed E-state index contributed by atoms with van der Waals surface area (Å²) in [6, 6.07) is 6.12. The molecule has 0 bridgehead atoms. The highest BCUT2D eigenvalue weighted by Gasteiger charge is 2.07. The SMILES string of the molecule is CCCNCc1cc(COc2cc(F)ccc2Br)on1. The predicted molar refractivity (Wildman–Crippen MR) is 76.9 cm³/mol. The van der Waals surface area contributed by atoms with Gasteiger partial charge in [-0.15, -0.1) is 0 Å². The number of benzene rings is 1. The van der Waals surface area contributed by atoms with E-state index in [1.165, 1.54) is 12.1 Å². The van der Waals surface area contributed by atoms with Gasteiger partial charge in [-0.1, -0.05) is 12.1 Å². The summed E-state index contributed by atoms with van der Waals surface area (Å²) in [6.07, 6.45) is 1.07. The zero-order chi connectivity index (χ0) is 14.4. The number of halogens is 2. The molecule has 1 aromatic heterocycles. The number of ether oxygens (including phenoxy) is 1. The van der Waals surface area contributed by atoms with Gasteiger partial charge in [-0.25, -0.2) is 4.39 Å². The van der Waals surface area contributed by atoms with Gasteiger partial charge in [0.05, 0.1) is 10.2 Å². The van der Waals surface area contributed by atoms with Gasteiger partial charge in [0.1, 0.15) is 18.2 Å². The molecule has 1 N–H and O–H groups in total. The van der Waals surface area contributed by atoms with Crippen LogP contribution in [-0.2, 0) is 13.2 Å². The van der Waals surface area contributed by atoms with Crippen molar-refractivity contribution in [2.24, 2.45) is 0 Å². The molecule has 4 nitrogen and oxygen atoms in total.